The van der Waals surface area contributed by atoms with Crippen LogP contribution in [0.3, 0.4) is 0 Å². The van der Waals surface area contributed by atoms with E-state index >= 15 is 0 Å². The Kier molecular flexibility index (Phi) is 2.97. The molecule has 0 unspecified atom stereocenters. The number of benzene rings is 1. The van der Waals surface area contributed by atoms with E-state index in [9.17, 15) is 0 Å². The number of aromatic nitrogens is 1. The Morgan fingerprint density at radius 1 is 1.05 bits per heavy atom. The third-order valence-electron chi connectivity index (χ3n) is 4.66. The molecule has 1 aliphatic carbocycles. The topological polar surface area (TPSA) is 31.4 Å². The van der Waals surface area contributed by atoms with E-state index in [0.717, 1.165) is 44.4 Å². The fourth-order valence-electron chi connectivity index (χ4n) is 3.52. The molecule has 1 saturated heterocycles. The molecule has 0 amide bonds. The lowest BCUT2D eigenvalue weighted by molar-refractivity contribution is -0.178. The lowest BCUT2D eigenvalue weighted by Gasteiger charge is -2.35. The predicted molar refractivity (Wildman–Crippen MR) is 77.6 cm³/mol. The molecule has 1 aromatic heterocycles. The van der Waals surface area contributed by atoms with E-state index in [4.69, 9.17) is 9.47 Å². The number of ether oxygens (including phenoxy) is 2. The van der Waals surface area contributed by atoms with E-state index in [1.807, 2.05) is 12.3 Å². The van der Waals surface area contributed by atoms with Crippen LogP contribution in [0.15, 0.2) is 36.5 Å². The summed E-state index contributed by atoms with van der Waals surface area (Å²) in [5, 5.41) is 1.23. The van der Waals surface area contributed by atoms with Gasteiger partial charge in [-0.15, -0.1) is 0 Å². The molecular formula is C17H19NO2. The van der Waals surface area contributed by atoms with Crippen LogP contribution in [0.2, 0.25) is 0 Å². The number of hydrogen-bond acceptors (Lipinski definition) is 3. The highest BCUT2D eigenvalue weighted by Gasteiger charge is 2.40. The lowest BCUT2D eigenvalue weighted by Crippen LogP contribution is -2.34. The maximum Gasteiger partial charge on any atom is 0.168 e. The maximum absolute atomic E-state index is 5.80. The molecule has 1 saturated carbocycles. The molecule has 1 aliphatic heterocycles. The molecule has 2 aliphatic rings. The summed E-state index contributed by atoms with van der Waals surface area (Å²) < 4.78 is 11.6. The second kappa shape index (κ2) is 4.83. The van der Waals surface area contributed by atoms with Crippen molar-refractivity contribution in [1.29, 1.82) is 0 Å². The molecule has 2 fully saturated rings. The van der Waals surface area contributed by atoms with Crippen LogP contribution in [0.5, 0.6) is 0 Å². The SMILES string of the molecule is c1cnc2ccc(C3CCC4(CC3)OCCO4)cc2c1. The Labute approximate surface area is 118 Å². The van der Waals surface area contributed by atoms with Crippen molar-refractivity contribution in [2.45, 2.75) is 37.4 Å². The van der Waals surface area contributed by atoms with Gasteiger partial charge >= 0.3 is 0 Å². The third kappa shape index (κ3) is 2.11. The Bertz CT molecular complexity index is 609. The standard InChI is InChI=1S/C17H19NO2/c1-2-15-12-14(3-4-16(15)18-9-1)13-5-7-17(8-6-13)19-10-11-20-17/h1-4,9,12-13H,5-8,10-11H2. The molecule has 1 spiro atoms. The number of rotatable bonds is 1. The van der Waals surface area contributed by atoms with Crippen molar-refractivity contribution in [3.63, 3.8) is 0 Å². The van der Waals surface area contributed by atoms with Crippen molar-refractivity contribution >= 4 is 10.9 Å². The second-order valence-corrected chi connectivity index (χ2v) is 5.84. The van der Waals surface area contributed by atoms with Crippen molar-refractivity contribution in [3.05, 3.63) is 42.1 Å². The quantitative estimate of drug-likeness (QED) is 0.792. The Balaban J connectivity index is 1.55. The average molecular weight is 269 g/mol. The van der Waals surface area contributed by atoms with Gasteiger partial charge in [-0.25, -0.2) is 0 Å². The van der Waals surface area contributed by atoms with Gasteiger partial charge in [0.05, 0.1) is 18.7 Å². The first-order valence-electron chi connectivity index (χ1n) is 7.47. The van der Waals surface area contributed by atoms with Crippen molar-refractivity contribution in [2.75, 3.05) is 13.2 Å². The summed E-state index contributed by atoms with van der Waals surface area (Å²) in [5.41, 5.74) is 2.50. The van der Waals surface area contributed by atoms with Crippen molar-refractivity contribution in [1.82, 2.24) is 4.98 Å². The molecule has 0 N–H and O–H groups in total. The maximum atomic E-state index is 5.80. The van der Waals surface area contributed by atoms with Gasteiger partial charge in [-0.3, -0.25) is 4.98 Å². The van der Waals surface area contributed by atoms with E-state index in [2.05, 4.69) is 29.2 Å². The summed E-state index contributed by atoms with van der Waals surface area (Å²) >= 11 is 0. The van der Waals surface area contributed by atoms with Gasteiger partial charge in [-0.05, 0) is 42.5 Å². The minimum atomic E-state index is -0.255. The largest absolute Gasteiger partial charge is 0.348 e. The van der Waals surface area contributed by atoms with Gasteiger partial charge in [0.1, 0.15) is 0 Å². The molecule has 2 aromatic rings. The van der Waals surface area contributed by atoms with Crippen LogP contribution in [0.1, 0.15) is 37.2 Å². The Morgan fingerprint density at radius 2 is 1.85 bits per heavy atom. The first-order chi connectivity index (χ1) is 9.85. The molecule has 0 atom stereocenters. The average Bonchev–Trinajstić information content (AvgIpc) is 2.96. The molecule has 20 heavy (non-hydrogen) atoms. The Morgan fingerprint density at radius 3 is 2.65 bits per heavy atom. The molecule has 3 heteroatoms. The van der Waals surface area contributed by atoms with E-state index < -0.39 is 0 Å². The fourth-order valence-corrected chi connectivity index (χ4v) is 3.52. The van der Waals surface area contributed by atoms with Crippen LogP contribution in [0, 0.1) is 0 Å². The van der Waals surface area contributed by atoms with Crippen LogP contribution in [0.4, 0.5) is 0 Å². The van der Waals surface area contributed by atoms with Crippen LogP contribution < -0.4 is 0 Å². The normalized spacial score (nSPS) is 22.6. The van der Waals surface area contributed by atoms with E-state index in [0.29, 0.717) is 5.92 Å². The zero-order chi connectivity index (χ0) is 13.4. The van der Waals surface area contributed by atoms with Crippen molar-refractivity contribution < 1.29 is 9.47 Å². The van der Waals surface area contributed by atoms with Crippen LogP contribution in [-0.4, -0.2) is 24.0 Å². The van der Waals surface area contributed by atoms with E-state index in [1.54, 1.807) is 0 Å². The highest BCUT2D eigenvalue weighted by molar-refractivity contribution is 5.79. The summed E-state index contributed by atoms with van der Waals surface area (Å²) in [6.07, 6.45) is 6.17. The first kappa shape index (κ1) is 12.3. The number of pyridine rings is 1. The highest BCUT2D eigenvalue weighted by atomic mass is 16.7. The lowest BCUT2D eigenvalue weighted by atomic mass is 9.81. The van der Waals surface area contributed by atoms with Crippen molar-refractivity contribution in [3.8, 4) is 0 Å². The highest BCUT2D eigenvalue weighted by Crippen LogP contribution is 2.42. The summed E-state index contributed by atoms with van der Waals surface area (Å²) in [6, 6.07) is 10.8. The molecule has 3 nitrogen and oxygen atoms in total. The summed E-state index contributed by atoms with van der Waals surface area (Å²) in [6.45, 7) is 1.51. The van der Waals surface area contributed by atoms with Gasteiger partial charge in [0.15, 0.2) is 5.79 Å². The third-order valence-corrected chi connectivity index (χ3v) is 4.66. The van der Waals surface area contributed by atoms with Gasteiger partial charge < -0.3 is 9.47 Å². The van der Waals surface area contributed by atoms with Gasteiger partial charge in [-0.2, -0.15) is 0 Å². The minimum Gasteiger partial charge on any atom is -0.348 e. The van der Waals surface area contributed by atoms with Crippen molar-refractivity contribution in [2.24, 2.45) is 0 Å². The molecule has 0 radical (unpaired) electrons. The van der Waals surface area contributed by atoms with Gasteiger partial charge in [0, 0.05) is 24.4 Å². The molecule has 104 valence electrons. The zero-order valence-corrected chi connectivity index (χ0v) is 11.5. The van der Waals surface area contributed by atoms with E-state index in [-0.39, 0.29) is 5.79 Å². The predicted octanol–water partition coefficient (Wildman–Crippen LogP) is 3.64. The zero-order valence-electron chi connectivity index (χ0n) is 11.5. The van der Waals surface area contributed by atoms with Gasteiger partial charge in [0.2, 0.25) is 0 Å². The molecule has 1 aromatic carbocycles. The van der Waals surface area contributed by atoms with Crippen LogP contribution in [-0.2, 0) is 9.47 Å². The number of hydrogen-bond donors (Lipinski definition) is 0. The summed E-state index contributed by atoms with van der Waals surface area (Å²) in [5.74, 6) is 0.368. The van der Waals surface area contributed by atoms with Crippen LogP contribution >= 0.6 is 0 Å². The minimum absolute atomic E-state index is 0.255. The Hall–Kier alpha value is -1.45. The van der Waals surface area contributed by atoms with E-state index in [1.165, 1.54) is 10.9 Å². The smallest absolute Gasteiger partial charge is 0.168 e. The molecule has 2 heterocycles. The summed E-state index contributed by atoms with van der Waals surface area (Å²) in [7, 11) is 0. The first-order valence-corrected chi connectivity index (χ1v) is 7.47. The summed E-state index contributed by atoms with van der Waals surface area (Å²) in [4.78, 5) is 4.39. The van der Waals surface area contributed by atoms with Gasteiger partial charge in [-0.1, -0.05) is 12.1 Å². The monoisotopic (exact) mass is 269 g/mol. The number of fused-ring (bicyclic) bond motifs is 1. The fraction of sp³-hybridized carbons (Fsp3) is 0.471. The van der Waals surface area contributed by atoms with Crippen LogP contribution in [0.25, 0.3) is 10.9 Å². The van der Waals surface area contributed by atoms with Gasteiger partial charge in [0.25, 0.3) is 0 Å². The number of nitrogens with zero attached hydrogens (tertiary/aromatic N) is 1. The molecule has 4 rings (SSSR count). The second-order valence-electron chi connectivity index (χ2n) is 5.84. The molecule has 0 bridgehead atoms. The molecular weight excluding hydrogens is 250 g/mol.